The average Bonchev–Trinajstić information content (AvgIpc) is 3.30. The Hall–Kier alpha value is -1.06. The van der Waals surface area contributed by atoms with E-state index >= 15 is 0 Å². The summed E-state index contributed by atoms with van der Waals surface area (Å²) >= 11 is 0. The summed E-state index contributed by atoms with van der Waals surface area (Å²) in [7, 11) is 0. The number of carbonyl (C=O) groups excluding carboxylic acids is 2. The highest BCUT2D eigenvalue weighted by molar-refractivity contribution is 5.75. The van der Waals surface area contributed by atoms with Crippen molar-refractivity contribution in [2.24, 2.45) is 47.3 Å². The van der Waals surface area contributed by atoms with Crippen molar-refractivity contribution in [3.63, 3.8) is 0 Å². The van der Waals surface area contributed by atoms with E-state index in [1.165, 1.54) is 32.1 Å². The molecule has 6 bridgehead atoms. The molecule has 6 saturated carbocycles. The first kappa shape index (κ1) is 19.9. The summed E-state index contributed by atoms with van der Waals surface area (Å²) in [6, 6.07) is 0. The second-order valence-electron chi connectivity index (χ2n) is 11.2. The van der Waals surface area contributed by atoms with E-state index in [4.69, 9.17) is 9.47 Å². The van der Waals surface area contributed by atoms with Crippen molar-refractivity contribution in [3.05, 3.63) is 0 Å². The van der Waals surface area contributed by atoms with Crippen LogP contribution in [0.2, 0.25) is 0 Å². The lowest BCUT2D eigenvalue weighted by atomic mass is 9.49. The molecule has 0 amide bonds. The maximum Gasteiger partial charge on any atom is 0.309 e. The van der Waals surface area contributed by atoms with Gasteiger partial charge in [-0.2, -0.15) is 0 Å². The van der Waals surface area contributed by atoms with Crippen LogP contribution in [0.1, 0.15) is 85.0 Å². The lowest BCUT2D eigenvalue weighted by Crippen LogP contribution is -2.60. The minimum atomic E-state index is -0.213. The van der Waals surface area contributed by atoms with E-state index in [1.807, 2.05) is 13.8 Å². The Morgan fingerprint density at radius 3 is 2.07 bits per heavy atom. The molecule has 0 aliphatic heterocycles. The Balaban J connectivity index is 1.28. The summed E-state index contributed by atoms with van der Waals surface area (Å²) in [6.45, 7) is 6.17. The fraction of sp³-hybridized carbons (Fsp3) is 0.920. The monoisotopic (exact) mass is 402 g/mol. The smallest absolute Gasteiger partial charge is 0.309 e. The van der Waals surface area contributed by atoms with Crippen molar-refractivity contribution in [1.82, 2.24) is 0 Å². The third-order valence-electron chi connectivity index (χ3n) is 9.70. The van der Waals surface area contributed by atoms with Gasteiger partial charge >= 0.3 is 11.9 Å². The number of rotatable bonds is 6. The molecule has 6 aliphatic rings. The molecule has 4 heteroatoms. The highest BCUT2D eigenvalue weighted by Gasteiger charge is 2.60. The number of hydrogen-bond acceptors (Lipinski definition) is 4. The van der Waals surface area contributed by atoms with Gasteiger partial charge in [-0.15, -0.1) is 0 Å². The zero-order chi connectivity index (χ0) is 20.3. The normalized spacial score (nSPS) is 48.0. The predicted molar refractivity (Wildman–Crippen MR) is 110 cm³/mol. The Morgan fingerprint density at radius 1 is 0.897 bits per heavy atom. The van der Waals surface area contributed by atoms with Crippen LogP contribution in [0.5, 0.6) is 0 Å². The molecule has 4 nitrogen and oxygen atoms in total. The molecule has 5 unspecified atom stereocenters. The first-order chi connectivity index (χ1) is 13.9. The van der Waals surface area contributed by atoms with Gasteiger partial charge in [-0.3, -0.25) is 9.59 Å². The van der Waals surface area contributed by atoms with E-state index in [1.54, 1.807) is 0 Å². The van der Waals surface area contributed by atoms with Crippen LogP contribution < -0.4 is 0 Å². The third kappa shape index (κ3) is 3.15. The fourth-order valence-corrected chi connectivity index (χ4v) is 8.19. The van der Waals surface area contributed by atoms with Crippen LogP contribution in [0.25, 0.3) is 0 Å². The van der Waals surface area contributed by atoms with Gasteiger partial charge in [0.15, 0.2) is 0 Å². The highest BCUT2D eigenvalue weighted by Crippen LogP contribution is 2.61. The SMILES string of the molecule is CCC(C)C(=O)OC1CC2CC(C(=O)OC3(CC)C4CC5CC(C4)CC3C5)C1C2. The Kier molecular flexibility index (Phi) is 4.98. The molecule has 0 aromatic heterocycles. The number of hydrogen-bond donors (Lipinski definition) is 0. The van der Waals surface area contributed by atoms with Gasteiger partial charge in [0.25, 0.3) is 0 Å². The summed E-state index contributed by atoms with van der Waals surface area (Å²) in [5, 5.41) is 0. The van der Waals surface area contributed by atoms with Crippen molar-refractivity contribution in [1.29, 1.82) is 0 Å². The number of ether oxygens (including phenoxy) is 2. The van der Waals surface area contributed by atoms with Crippen LogP contribution in [-0.4, -0.2) is 23.6 Å². The predicted octanol–water partition coefficient (Wildman–Crippen LogP) is 5.14. The summed E-state index contributed by atoms with van der Waals surface area (Å²) in [5.74, 6) is 3.40. The Labute approximate surface area is 175 Å². The van der Waals surface area contributed by atoms with Gasteiger partial charge < -0.3 is 9.47 Å². The molecule has 6 rings (SSSR count). The summed E-state index contributed by atoms with van der Waals surface area (Å²) in [6.07, 6.45) is 11.0. The quantitative estimate of drug-likeness (QED) is 0.577. The third-order valence-corrected chi connectivity index (χ3v) is 9.70. The van der Waals surface area contributed by atoms with Gasteiger partial charge in [-0.25, -0.2) is 0 Å². The molecule has 0 radical (unpaired) electrons. The zero-order valence-electron chi connectivity index (χ0n) is 18.4. The summed E-state index contributed by atoms with van der Waals surface area (Å²) in [4.78, 5) is 25.8. The minimum Gasteiger partial charge on any atom is -0.462 e. The van der Waals surface area contributed by atoms with E-state index in [0.29, 0.717) is 17.8 Å². The van der Waals surface area contributed by atoms with Crippen molar-refractivity contribution < 1.29 is 19.1 Å². The lowest BCUT2D eigenvalue weighted by Gasteiger charge is -2.60. The first-order valence-corrected chi connectivity index (χ1v) is 12.4. The topological polar surface area (TPSA) is 52.6 Å². The molecular weight excluding hydrogens is 364 g/mol. The Morgan fingerprint density at radius 2 is 1.52 bits per heavy atom. The minimum absolute atomic E-state index is 0.0242. The molecular formula is C25H38O4. The molecule has 162 valence electrons. The second-order valence-corrected chi connectivity index (χ2v) is 11.2. The Bertz CT molecular complexity index is 642. The van der Waals surface area contributed by atoms with Crippen molar-refractivity contribution in [2.75, 3.05) is 0 Å². The molecule has 5 atom stereocenters. The molecule has 0 N–H and O–H groups in total. The molecule has 6 aliphatic carbocycles. The van der Waals surface area contributed by atoms with Crippen LogP contribution in [-0.2, 0) is 19.1 Å². The molecule has 0 aromatic rings. The van der Waals surface area contributed by atoms with E-state index in [9.17, 15) is 9.59 Å². The molecule has 0 aromatic carbocycles. The van der Waals surface area contributed by atoms with Crippen molar-refractivity contribution in [2.45, 2.75) is 96.7 Å². The van der Waals surface area contributed by atoms with Gasteiger partial charge in [0, 0.05) is 5.92 Å². The van der Waals surface area contributed by atoms with E-state index in [2.05, 4.69) is 6.92 Å². The number of carbonyl (C=O) groups is 2. The summed E-state index contributed by atoms with van der Waals surface area (Å²) < 4.78 is 12.4. The van der Waals surface area contributed by atoms with Crippen LogP contribution in [0.15, 0.2) is 0 Å². The standard InChI is InChI=1S/C25H38O4/c1-4-14(3)23(26)28-22-13-17-11-20(22)21(12-17)24(27)29-25(5-2)18-7-15-6-16(9-18)10-19(25)8-15/h14-22H,4-13H2,1-3H3. The van der Waals surface area contributed by atoms with Crippen LogP contribution in [0.3, 0.4) is 0 Å². The summed E-state index contributed by atoms with van der Waals surface area (Å²) in [5.41, 5.74) is -0.213. The maximum atomic E-state index is 13.5. The largest absolute Gasteiger partial charge is 0.462 e. The van der Waals surface area contributed by atoms with Crippen LogP contribution >= 0.6 is 0 Å². The number of fused-ring (bicyclic) bond motifs is 2. The fourth-order valence-electron chi connectivity index (χ4n) is 8.19. The molecule has 0 heterocycles. The van der Waals surface area contributed by atoms with E-state index in [0.717, 1.165) is 43.9 Å². The second kappa shape index (κ2) is 7.27. The van der Waals surface area contributed by atoms with Gasteiger partial charge in [0.1, 0.15) is 11.7 Å². The van der Waals surface area contributed by atoms with Gasteiger partial charge in [0.2, 0.25) is 0 Å². The van der Waals surface area contributed by atoms with E-state index < -0.39 is 0 Å². The zero-order valence-corrected chi connectivity index (χ0v) is 18.4. The van der Waals surface area contributed by atoms with Gasteiger partial charge in [-0.05, 0) is 93.8 Å². The molecule has 0 saturated heterocycles. The average molecular weight is 403 g/mol. The highest BCUT2D eigenvalue weighted by atomic mass is 16.6. The maximum absolute atomic E-state index is 13.5. The van der Waals surface area contributed by atoms with E-state index in [-0.39, 0.29) is 41.4 Å². The van der Waals surface area contributed by atoms with Gasteiger partial charge in [0.05, 0.1) is 11.8 Å². The van der Waals surface area contributed by atoms with Gasteiger partial charge in [-0.1, -0.05) is 20.8 Å². The molecule has 29 heavy (non-hydrogen) atoms. The van der Waals surface area contributed by atoms with Crippen molar-refractivity contribution in [3.8, 4) is 0 Å². The van der Waals surface area contributed by atoms with Crippen LogP contribution in [0, 0.1) is 47.3 Å². The lowest BCUT2D eigenvalue weighted by molar-refractivity contribution is -0.217. The first-order valence-electron chi connectivity index (χ1n) is 12.4. The molecule has 0 spiro atoms. The molecule has 6 fully saturated rings. The number of esters is 2. The van der Waals surface area contributed by atoms with Crippen molar-refractivity contribution >= 4 is 11.9 Å². The van der Waals surface area contributed by atoms with Crippen LogP contribution in [0.4, 0.5) is 0 Å².